The van der Waals surface area contributed by atoms with Crippen LogP contribution in [0.2, 0.25) is 4.34 Å². The number of hydrogen-bond acceptors (Lipinski definition) is 2. The van der Waals surface area contributed by atoms with E-state index in [4.69, 9.17) is 18.0 Å². The Labute approximate surface area is 139 Å². The summed E-state index contributed by atoms with van der Waals surface area (Å²) in [5.74, 6) is 2.12. The van der Waals surface area contributed by atoms with E-state index < -0.39 is 0 Å². The van der Waals surface area contributed by atoms with E-state index in [-0.39, 0.29) is 11.8 Å². The standard InChI is InChI=1S/C18H16ClNOS/c1-3-12-7-5-6-8-13(12)15-10-20(18(21)4-2)11-16-14(15)9-17(19)22-16/h2,5-9,15H,3,10-11H2,1H3/t15-/m1/s1. The Morgan fingerprint density at radius 2 is 2.23 bits per heavy atom. The van der Waals surface area contributed by atoms with E-state index in [2.05, 4.69) is 31.0 Å². The average Bonchev–Trinajstić information content (AvgIpc) is 2.93. The summed E-state index contributed by atoms with van der Waals surface area (Å²) >= 11 is 7.75. The molecule has 112 valence electrons. The number of halogens is 1. The molecule has 1 aromatic carbocycles. The molecule has 2 nitrogen and oxygen atoms in total. The molecule has 2 aromatic rings. The van der Waals surface area contributed by atoms with Crippen molar-refractivity contribution in [1.82, 2.24) is 4.90 Å². The number of thiophene rings is 1. The van der Waals surface area contributed by atoms with Crippen molar-refractivity contribution in [3.63, 3.8) is 0 Å². The van der Waals surface area contributed by atoms with Crippen molar-refractivity contribution in [2.75, 3.05) is 6.54 Å². The molecule has 0 saturated heterocycles. The Morgan fingerprint density at radius 1 is 1.45 bits per heavy atom. The first-order chi connectivity index (χ1) is 10.6. The first-order valence-electron chi connectivity index (χ1n) is 7.25. The molecule has 1 aliphatic heterocycles. The highest BCUT2D eigenvalue weighted by atomic mass is 35.5. The van der Waals surface area contributed by atoms with Crippen molar-refractivity contribution in [1.29, 1.82) is 0 Å². The van der Waals surface area contributed by atoms with E-state index in [1.54, 1.807) is 4.90 Å². The Morgan fingerprint density at radius 3 is 2.95 bits per heavy atom. The molecule has 0 spiro atoms. The van der Waals surface area contributed by atoms with E-state index in [0.717, 1.165) is 15.6 Å². The van der Waals surface area contributed by atoms with Crippen LogP contribution in [0.25, 0.3) is 0 Å². The lowest BCUT2D eigenvalue weighted by atomic mass is 9.85. The number of amides is 1. The number of benzene rings is 1. The number of hydrogen-bond donors (Lipinski definition) is 0. The molecule has 0 bridgehead atoms. The van der Waals surface area contributed by atoms with Gasteiger partial charge in [0.1, 0.15) is 0 Å². The van der Waals surface area contributed by atoms with Crippen molar-refractivity contribution < 1.29 is 4.79 Å². The minimum atomic E-state index is -0.255. The maximum atomic E-state index is 12.0. The topological polar surface area (TPSA) is 20.3 Å². The second-order valence-electron chi connectivity index (χ2n) is 5.36. The predicted molar refractivity (Wildman–Crippen MR) is 91.2 cm³/mol. The molecule has 1 amide bonds. The fourth-order valence-electron chi connectivity index (χ4n) is 3.09. The van der Waals surface area contributed by atoms with Crippen molar-refractivity contribution in [2.24, 2.45) is 0 Å². The van der Waals surface area contributed by atoms with Crippen molar-refractivity contribution in [2.45, 2.75) is 25.8 Å². The van der Waals surface area contributed by atoms with Gasteiger partial charge in [0.2, 0.25) is 0 Å². The van der Waals surface area contributed by atoms with Gasteiger partial charge in [-0.3, -0.25) is 4.79 Å². The third-order valence-electron chi connectivity index (χ3n) is 4.15. The van der Waals surface area contributed by atoms with Gasteiger partial charge in [-0.25, -0.2) is 0 Å². The predicted octanol–water partition coefficient (Wildman–Crippen LogP) is 4.07. The zero-order valence-corrected chi connectivity index (χ0v) is 13.9. The fraction of sp³-hybridized carbons (Fsp3) is 0.278. The molecular formula is C18H16ClNOS. The van der Waals surface area contributed by atoms with E-state index in [1.807, 2.05) is 12.1 Å². The summed E-state index contributed by atoms with van der Waals surface area (Å²) in [6.45, 7) is 3.31. The van der Waals surface area contributed by atoms with Crippen molar-refractivity contribution in [3.8, 4) is 12.3 Å². The highest BCUT2D eigenvalue weighted by Crippen LogP contribution is 2.41. The van der Waals surface area contributed by atoms with Crippen LogP contribution in [0.4, 0.5) is 0 Å². The summed E-state index contributed by atoms with van der Waals surface area (Å²) in [5, 5.41) is 0. The average molecular weight is 330 g/mol. The zero-order chi connectivity index (χ0) is 15.7. The van der Waals surface area contributed by atoms with Gasteiger partial charge in [0.05, 0.1) is 10.9 Å². The molecule has 1 atom stereocenters. The normalized spacial score (nSPS) is 17.0. The maximum Gasteiger partial charge on any atom is 0.298 e. The number of terminal acetylenes is 1. The minimum Gasteiger partial charge on any atom is -0.326 e. The summed E-state index contributed by atoms with van der Waals surface area (Å²) in [7, 11) is 0. The van der Waals surface area contributed by atoms with Crippen LogP contribution in [0.15, 0.2) is 30.3 Å². The van der Waals surface area contributed by atoms with E-state index in [9.17, 15) is 4.79 Å². The first-order valence-corrected chi connectivity index (χ1v) is 8.45. The lowest BCUT2D eigenvalue weighted by molar-refractivity contribution is -0.126. The zero-order valence-electron chi connectivity index (χ0n) is 12.3. The van der Waals surface area contributed by atoms with Gasteiger partial charge < -0.3 is 4.90 Å². The third-order valence-corrected chi connectivity index (χ3v) is 5.41. The smallest absolute Gasteiger partial charge is 0.298 e. The largest absolute Gasteiger partial charge is 0.326 e. The first kappa shape index (κ1) is 15.1. The molecular weight excluding hydrogens is 314 g/mol. The molecule has 0 fully saturated rings. The van der Waals surface area contributed by atoms with Crippen LogP contribution in [0.3, 0.4) is 0 Å². The molecule has 3 rings (SSSR count). The number of fused-ring (bicyclic) bond motifs is 1. The summed E-state index contributed by atoms with van der Waals surface area (Å²) in [5.41, 5.74) is 3.79. The fourth-order valence-corrected chi connectivity index (χ4v) is 4.45. The van der Waals surface area contributed by atoms with E-state index in [0.29, 0.717) is 13.1 Å². The van der Waals surface area contributed by atoms with Crippen molar-refractivity contribution >= 4 is 28.8 Å². The highest BCUT2D eigenvalue weighted by molar-refractivity contribution is 7.16. The van der Waals surface area contributed by atoms with Crippen LogP contribution in [-0.2, 0) is 17.8 Å². The van der Waals surface area contributed by atoms with E-state index >= 15 is 0 Å². The molecule has 2 heterocycles. The molecule has 0 N–H and O–H groups in total. The lowest BCUT2D eigenvalue weighted by Crippen LogP contribution is -2.37. The number of nitrogens with zero attached hydrogens (tertiary/aromatic N) is 1. The number of carbonyl (C=O) groups is 1. The Balaban J connectivity index is 2.09. The second-order valence-corrected chi connectivity index (χ2v) is 7.13. The van der Waals surface area contributed by atoms with Gasteiger partial charge in [-0.2, -0.15) is 0 Å². The molecule has 0 radical (unpaired) electrons. The summed E-state index contributed by atoms with van der Waals surface area (Å²) < 4.78 is 0.763. The Kier molecular flexibility index (Phi) is 4.24. The number of carbonyl (C=O) groups excluding carboxylic acids is 1. The SMILES string of the molecule is C#CC(=O)N1Cc2sc(Cl)cc2[C@@H](c2ccccc2CC)C1. The van der Waals surface area contributed by atoms with Crippen LogP contribution in [0.5, 0.6) is 0 Å². The molecule has 0 aliphatic carbocycles. The van der Waals surface area contributed by atoms with E-state index in [1.165, 1.54) is 28.0 Å². The van der Waals surface area contributed by atoms with Crippen LogP contribution >= 0.6 is 22.9 Å². The molecule has 1 aromatic heterocycles. The van der Waals surface area contributed by atoms with Gasteiger partial charge in [0.25, 0.3) is 5.91 Å². The van der Waals surface area contributed by atoms with Gasteiger partial charge in [-0.15, -0.1) is 17.8 Å². The highest BCUT2D eigenvalue weighted by Gasteiger charge is 2.31. The molecule has 4 heteroatoms. The second kappa shape index (κ2) is 6.16. The molecule has 0 saturated carbocycles. The molecule has 0 unspecified atom stereocenters. The van der Waals surface area contributed by atoms with Crippen LogP contribution in [-0.4, -0.2) is 17.4 Å². The van der Waals surface area contributed by atoms with Gasteiger partial charge in [-0.1, -0.05) is 42.8 Å². The number of aryl methyl sites for hydroxylation is 1. The summed E-state index contributed by atoms with van der Waals surface area (Å²) in [4.78, 5) is 14.9. The van der Waals surface area contributed by atoms with Gasteiger partial charge in [0.15, 0.2) is 0 Å². The Bertz CT molecular complexity index is 759. The summed E-state index contributed by atoms with van der Waals surface area (Å²) in [6, 6.07) is 10.4. The molecule has 22 heavy (non-hydrogen) atoms. The third kappa shape index (κ3) is 2.65. The van der Waals surface area contributed by atoms with Gasteiger partial charge >= 0.3 is 0 Å². The number of rotatable bonds is 2. The lowest BCUT2D eigenvalue weighted by Gasteiger charge is -2.32. The Hall–Kier alpha value is -1.76. The maximum absolute atomic E-state index is 12.0. The van der Waals surface area contributed by atoms with Crippen LogP contribution in [0, 0.1) is 12.3 Å². The van der Waals surface area contributed by atoms with Gasteiger partial charge in [-0.05, 0) is 35.1 Å². The molecule has 1 aliphatic rings. The van der Waals surface area contributed by atoms with Crippen molar-refractivity contribution in [3.05, 3.63) is 56.2 Å². The van der Waals surface area contributed by atoms with Crippen LogP contribution in [0.1, 0.15) is 34.4 Å². The monoisotopic (exact) mass is 329 g/mol. The quantitative estimate of drug-likeness (QED) is 0.760. The van der Waals surface area contributed by atoms with Crippen LogP contribution < -0.4 is 0 Å². The minimum absolute atomic E-state index is 0.140. The summed E-state index contributed by atoms with van der Waals surface area (Å²) in [6.07, 6.45) is 6.27. The van der Waals surface area contributed by atoms with Gasteiger partial charge in [0, 0.05) is 17.3 Å².